The molecule has 0 aromatic heterocycles. The van der Waals surface area contributed by atoms with E-state index in [9.17, 15) is 5.11 Å². The molecule has 0 aliphatic heterocycles. The van der Waals surface area contributed by atoms with Gasteiger partial charge < -0.3 is 14.6 Å². The second kappa shape index (κ2) is 13.9. The molecule has 3 heteroatoms. The molecule has 102 valence electrons. The summed E-state index contributed by atoms with van der Waals surface area (Å²) in [4.78, 5) is 0. The molecule has 18 heavy (non-hydrogen) atoms. The molecule has 0 aromatic carbocycles. The monoisotopic (exact) mass is 252 g/mol. The maximum atomic E-state index is 9.54. The van der Waals surface area contributed by atoms with Gasteiger partial charge in [0.05, 0.1) is 26.4 Å². The second-order valence-corrected chi connectivity index (χ2v) is 3.71. The lowest BCUT2D eigenvalue weighted by atomic mass is 10.3. The maximum absolute atomic E-state index is 9.54. The predicted octanol–water partition coefficient (Wildman–Crippen LogP) is 2.65. The smallest absolute Gasteiger partial charge is 0.101 e. The minimum Gasteiger partial charge on any atom is -0.388 e. The summed E-state index contributed by atoms with van der Waals surface area (Å²) >= 11 is 0. The van der Waals surface area contributed by atoms with Gasteiger partial charge in [-0.25, -0.2) is 0 Å². The van der Waals surface area contributed by atoms with Crippen LogP contribution in [0.5, 0.6) is 0 Å². The van der Waals surface area contributed by atoms with Crippen LogP contribution in [-0.2, 0) is 9.47 Å². The highest BCUT2D eigenvalue weighted by atomic mass is 16.5. The Morgan fingerprint density at radius 3 is 1.72 bits per heavy atom. The van der Waals surface area contributed by atoms with Crippen LogP contribution in [0.1, 0.15) is 12.8 Å². The standard InChI is InChI=1S/C15H24O3/c1-3-5-7-9-11-17-13-15(16)14-18-12-10-8-6-4-2/h3-8,15-16H,1-2,9-14H2. The lowest BCUT2D eigenvalue weighted by Crippen LogP contribution is -2.22. The molecule has 0 atom stereocenters. The summed E-state index contributed by atoms with van der Waals surface area (Å²) in [5.74, 6) is 0. The average molecular weight is 252 g/mol. The van der Waals surface area contributed by atoms with Crippen LogP contribution in [-0.4, -0.2) is 37.6 Å². The van der Waals surface area contributed by atoms with Crippen LogP contribution >= 0.6 is 0 Å². The van der Waals surface area contributed by atoms with Crippen molar-refractivity contribution in [3.63, 3.8) is 0 Å². The minimum absolute atomic E-state index is 0.310. The van der Waals surface area contributed by atoms with Crippen LogP contribution in [0.25, 0.3) is 0 Å². The first kappa shape index (κ1) is 16.8. The van der Waals surface area contributed by atoms with E-state index < -0.39 is 6.10 Å². The molecular formula is C15H24O3. The average Bonchev–Trinajstić information content (AvgIpc) is 2.38. The topological polar surface area (TPSA) is 38.7 Å². The summed E-state index contributed by atoms with van der Waals surface area (Å²) < 4.78 is 10.6. The van der Waals surface area contributed by atoms with Crippen molar-refractivity contribution in [1.82, 2.24) is 0 Å². The Labute approximate surface area is 110 Å². The van der Waals surface area contributed by atoms with Gasteiger partial charge in [-0.1, -0.05) is 49.6 Å². The van der Waals surface area contributed by atoms with Crippen molar-refractivity contribution in [3.8, 4) is 0 Å². The molecule has 0 aliphatic carbocycles. The van der Waals surface area contributed by atoms with E-state index in [0.29, 0.717) is 26.4 Å². The fraction of sp³-hybridized carbons (Fsp3) is 0.467. The van der Waals surface area contributed by atoms with Gasteiger partial charge in [-0.3, -0.25) is 0 Å². The van der Waals surface area contributed by atoms with E-state index in [1.165, 1.54) is 0 Å². The largest absolute Gasteiger partial charge is 0.388 e. The molecule has 0 heterocycles. The zero-order chi connectivity index (χ0) is 13.5. The number of aliphatic hydroxyl groups is 1. The molecule has 0 aromatic rings. The van der Waals surface area contributed by atoms with Gasteiger partial charge in [0.25, 0.3) is 0 Å². The molecule has 0 bridgehead atoms. The van der Waals surface area contributed by atoms with E-state index in [-0.39, 0.29) is 0 Å². The van der Waals surface area contributed by atoms with Crippen molar-refractivity contribution >= 4 is 0 Å². The van der Waals surface area contributed by atoms with Crippen molar-refractivity contribution in [2.24, 2.45) is 0 Å². The van der Waals surface area contributed by atoms with Crippen LogP contribution < -0.4 is 0 Å². The number of ether oxygens (including phenoxy) is 2. The van der Waals surface area contributed by atoms with Crippen LogP contribution in [0.3, 0.4) is 0 Å². The van der Waals surface area contributed by atoms with Crippen LogP contribution in [0.4, 0.5) is 0 Å². The Morgan fingerprint density at radius 2 is 1.33 bits per heavy atom. The van der Waals surface area contributed by atoms with Gasteiger partial charge in [0, 0.05) is 0 Å². The summed E-state index contributed by atoms with van der Waals surface area (Å²) in [5.41, 5.74) is 0. The Kier molecular flexibility index (Phi) is 13.0. The zero-order valence-corrected chi connectivity index (χ0v) is 11.0. The molecule has 0 rings (SSSR count). The normalized spacial score (nSPS) is 13.2. The minimum atomic E-state index is -0.559. The number of hydrogen-bond acceptors (Lipinski definition) is 3. The SMILES string of the molecule is C=CC=CCCOCC(O)COCCC=CC=C. The lowest BCUT2D eigenvalue weighted by Gasteiger charge is -2.10. The van der Waals surface area contributed by atoms with Gasteiger partial charge in [-0.05, 0) is 12.8 Å². The zero-order valence-electron chi connectivity index (χ0n) is 11.0. The molecule has 0 unspecified atom stereocenters. The Morgan fingerprint density at radius 1 is 0.889 bits per heavy atom. The lowest BCUT2D eigenvalue weighted by molar-refractivity contribution is -0.0169. The third kappa shape index (κ3) is 12.9. The van der Waals surface area contributed by atoms with Crippen molar-refractivity contribution in [3.05, 3.63) is 49.6 Å². The molecule has 0 radical (unpaired) electrons. The number of hydrogen-bond donors (Lipinski definition) is 1. The van der Waals surface area contributed by atoms with E-state index in [2.05, 4.69) is 13.2 Å². The maximum Gasteiger partial charge on any atom is 0.101 e. The van der Waals surface area contributed by atoms with Gasteiger partial charge in [0.1, 0.15) is 6.10 Å². The quantitative estimate of drug-likeness (QED) is 0.429. The Hall–Kier alpha value is -1.16. The predicted molar refractivity (Wildman–Crippen MR) is 75.6 cm³/mol. The number of aliphatic hydroxyl groups excluding tert-OH is 1. The Bertz CT molecular complexity index is 230. The highest BCUT2D eigenvalue weighted by molar-refractivity contribution is 4.97. The molecule has 0 saturated carbocycles. The second-order valence-electron chi connectivity index (χ2n) is 3.71. The molecule has 0 fully saturated rings. The fourth-order valence-corrected chi connectivity index (χ4v) is 1.17. The molecule has 1 N–H and O–H groups in total. The molecule has 0 spiro atoms. The van der Waals surface area contributed by atoms with Gasteiger partial charge in [-0.2, -0.15) is 0 Å². The molecular weight excluding hydrogens is 228 g/mol. The summed E-state index contributed by atoms with van der Waals surface area (Å²) in [7, 11) is 0. The van der Waals surface area contributed by atoms with Crippen molar-refractivity contribution in [2.45, 2.75) is 18.9 Å². The first-order valence-electron chi connectivity index (χ1n) is 6.20. The third-order valence-corrected chi connectivity index (χ3v) is 2.02. The van der Waals surface area contributed by atoms with Crippen LogP contribution in [0.2, 0.25) is 0 Å². The third-order valence-electron chi connectivity index (χ3n) is 2.02. The molecule has 0 aliphatic rings. The molecule has 0 saturated heterocycles. The van der Waals surface area contributed by atoms with Gasteiger partial charge in [-0.15, -0.1) is 0 Å². The molecule has 0 amide bonds. The van der Waals surface area contributed by atoms with E-state index in [1.54, 1.807) is 12.2 Å². The summed E-state index contributed by atoms with van der Waals surface area (Å²) in [6.07, 6.45) is 12.2. The summed E-state index contributed by atoms with van der Waals surface area (Å²) in [6, 6.07) is 0. The van der Waals surface area contributed by atoms with Gasteiger partial charge in [0.2, 0.25) is 0 Å². The van der Waals surface area contributed by atoms with Crippen molar-refractivity contribution in [1.29, 1.82) is 0 Å². The fourth-order valence-electron chi connectivity index (χ4n) is 1.17. The molecule has 3 nitrogen and oxygen atoms in total. The highest BCUT2D eigenvalue weighted by Gasteiger charge is 2.03. The Balaban J connectivity index is 3.29. The van der Waals surface area contributed by atoms with E-state index >= 15 is 0 Å². The first-order chi connectivity index (χ1) is 8.81. The van der Waals surface area contributed by atoms with Crippen molar-refractivity contribution in [2.75, 3.05) is 26.4 Å². The highest BCUT2D eigenvalue weighted by Crippen LogP contribution is 1.93. The number of allylic oxidation sites excluding steroid dienone is 4. The number of rotatable bonds is 12. The first-order valence-corrected chi connectivity index (χ1v) is 6.20. The van der Waals surface area contributed by atoms with Gasteiger partial charge >= 0.3 is 0 Å². The summed E-state index contributed by atoms with van der Waals surface area (Å²) in [5, 5.41) is 9.54. The van der Waals surface area contributed by atoms with E-state index in [4.69, 9.17) is 9.47 Å². The van der Waals surface area contributed by atoms with E-state index in [0.717, 1.165) is 12.8 Å². The van der Waals surface area contributed by atoms with E-state index in [1.807, 2.05) is 24.3 Å². The van der Waals surface area contributed by atoms with Crippen molar-refractivity contribution < 1.29 is 14.6 Å². The van der Waals surface area contributed by atoms with Gasteiger partial charge in [0.15, 0.2) is 0 Å². The van der Waals surface area contributed by atoms with Crippen LogP contribution in [0.15, 0.2) is 49.6 Å². The summed E-state index contributed by atoms with van der Waals surface area (Å²) in [6.45, 7) is 8.97. The van der Waals surface area contributed by atoms with Crippen LogP contribution in [0, 0.1) is 0 Å².